The Morgan fingerprint density at radius 3 is 2.79 bits per heavy atom. The smallest absolute Gasteiger partial charge is 0.224 e. The number of hydrogen-bond acceptors (Lipinski definition) is 4. The molecule has 0 amide bonds. The SMILES string of the molecule is CCn1ncc(C(=O)SC(C)C)c1N. The first kappa shape index (κ1) is 11.1. The fourth-order valence-corrected chi connectivity index (χ4v) is 1.79. The Bertz CT molecular complexity index is 333. The first-order valence-electron chi connectivity index (χ1n) is 4.58. The number of carbonyl (C=O) groups excluding carboxylic acids is 1. The van der Waals surface area contributed by atoms with E-state index in [2.05, 4.69) is 5.10 Å². The molecule has 0 saturated carbocycles. The number of aromatic nitrogens is 2. The Balaban J connectivity index is 2.85. The Labute approximate surface area is 87.9 Å². The minimum absolute atomic E-state index is 0.00259. The van der Waals surface area contributed by atoms with Crippen LogP contribution >= 0.6 is 11.8 Å². The van der Waals surface area contributed by atoms with Crippen LogP contribution in [-0.2, 0) is 6.54 Å². The molecule has 1 aromatic heterocycles. The fraction of sp³-hybridized carbons (Fsp3) is 0.556. The van der Waals surface area contributed by atoms with Crippen LogP contribution in [0.25, 0.3) is 0 Å². The summed E-state index contributed by atoms with van der Waals surface area (Å²) in [5, 5.41) is 4.29. The van der Waals surface area contributed by atoms with Crippen molar-refractivity contribution in [3.8, 4) is 0 Å². The van der Waals surface area contributed by atoms with Crippen molar-refractivity contribution in [1.82, 2.24) is 9.78 Å². The Kier molecular flexibility index (Phi) is 3.57. The van der Waals surface area contributed by atoms with E-state index in [1.54, 1.807) is 4.68 Å². The van der Waals surface area contributed by atoms with Crippen LogP contribution in [0.3, 0.4) is 0 Å². The van der Waals surface area contributed by atoms with E-state index in [-0.39, 0.29) is 10.4 Å². The molecule has 0 bridgehead atoms. The first-order chi connectivity index (χ1) is 6.56. The van der Waals surface area contributed by atoms with E-state index in [1.165, 1.54) is 18.0 Å². The van der Waals surface area contributed by atoms with E-state index in [4.69, 9.17) is 5.73 Å². The summed E-state index contributed by atoms with van der Waals surface area (Å²) in [6.45, 7) is 6.57. The van der Waals surface area contributed by atoms with Crippen molar-refractivity contribution < 1.29 is 4.79 Å². The normalized spacial score (nSPS) is 10.9. The average molecular weight is 213 g/mol. The predicted octanol–water partition coefficient (Wildman–Crippen LogP) is 1.77. The lowest BCUT2D eigenvalue weighted by Gasteiger charge is -2.03. The monoisotopic (exact) mass is 213 g/mol. The van der Waals surface area contributed by atoms with Crippen LogP contribution in [0.15, 0.2) is 6.20 Å². The third-order valence-electron chi connectivity index (χ3n) is 1.74. The van der Waals surface area contributed by atoms with Crippen molar-refractivity contribution in [2.24, 2.45) is 0 Å². The van der Waals surface area contributed by atoms with Gasteiger partial charge in [0.25, 0.3) is 0 Å². The van der Waals surface area contributed by atoms with Gasteiger partial charge < -0.3 is 5.73 Å². The van der Waals surface area contributed by atoms with Gasteiger partial charge in [0, 0.05) is 11.8 Å². The second-order valence-corrected chi connectivity index (χ2v) is 4.76. The number of nitrogens with two attached hydrogens (primary N) is 1. The fourth-order valence-electron chi connectivity index (χ4n) is 1.08. The number of nitrogen functional groups attached to an aromatic ring is 1. The molecule has 1 rings (SSSR count). The molecule has 0 spiro atoms. The van der Waals surface area contributed by atoms with Gasteiger partial charge in [-0.2, -0.15) is 5.10 Å². The summed E-state index contributed by atoms with van der Waals surface area (Å²) in [5.41, 5.74) is 6.28. The third kappa shape index (κ3) is 2.29. The van der Waals surface area contributed by atoms with Gasteiger partial charge in [-0.05, 0) is 6.92 Å². The van der Waals surface area contributed by atoms with Crippen molar-refractivity contribution in [2.45, 2.75) is 32.6 Å². The average Bonchev–Trinajstić information content (AvgIpc) is 2.45. The van der Waals surface area contributed by atoms with Crippen LogP contribution in [0, 0.1) is 0 Å². The van der Waals surface area contributed by atoms with Gasteiger partial charge in [-0.15, -0.1) is 0 Å². The van der Waals surface area contributed by atoms with Crippen molar-refractivity contribution in [3.63, 3.8) is 0 Å². The minimum Gasteiger partial charge on any atom is -0.383 e. The molecule has 78 valence electrons. The van der Waals surface area contributed by atoms with Crippen molar-refractivity contribution in [1.29, 1.82) is 0 Å². The Hall–Kier alpha value is -0.970. The van der Waals surface area contributed by atoms with E-state index in [1.807, 2.05) is 20.8 Å². The van der Waals surface area contributed by atoms with Crippen LogP contribution in [0.5, 0.6) is 0 Å². The molecule has 0 aromatic carbocycles. The minimum atomic E-state index is -0.00259. The number of carbonyl (C=O) groups is 1. The first-order valence-corrected chi connectivity index (χ1v) is 5.46. The number of rotatable bonds is 3. The molecule has 0 aliphatic heterocycles. The van der Waals surface area contributed by atoms with E-state index >= 15 is 0 Å². The number of thioether (sulfide) groups is 1. The summed E-state index contributed by atoms with van der Waals surface area (Å²) in [6.07, 6.45) is 1.54. The topological polar surface area (TPSA) is 60.9 Å². The lowest BCUT2D eigenvalue weighted by atomic mass is 10.4. The molecule has 14 heavy (non-hydrogen) atoms. The van der Waals surface area contributed by atoms with E-state index < -0.39 is 0 Å². The predicted molar refractivity (Wildman–Crippen MR) is 59.4 cm³/mol. The molecule has 0 fully saturated rings. The summed E-state index contributed by atoms with van der Waals surface area (Å²) in [7, 11) is 0. The van der Waals surface area contributed by atoms with Gasteiger partial charge in [-0.3, -0.25) is 4.79 Å². The largest absolute Gasteiger partial charge is 0.383 e. The second kappa shape index (κ2) is 4.50. The van der Waals surface area contributed by atoms with Crippen LogP contribution in [0.4, 0.5) is 5.82 Å². The summed E-state index contributed by atoms with van der Waals surface area (Å²) >= 11 is 1.27. The van der Waals surface area contributed by atoms with E-state index in [0.29, 0.717) is 17.9 Å². The number of nitrogens with zero attached hydrogens (tertiary/aromatic N) is 2. The van der Waals surface area contributed by atoms with Gasteiger partial charge >= 0.3 is 0 Å². The van der Waals surface area contributed by atoms with Crippen LogP contribution in [0.1, 0.15) is 31.1 Å². The summed E-state index contributed by atoms with van der Waals surface area (Å²) < 4.78 is 1.62. The zero-order valence-corrected chi connectivity index (χ0v) is 9.47. The molecule has 0 aliphatic carbocycles. The molecule has 1 heterocycles. The van der Waals surface area contributed by atoms with Gasteiger partial charge in [-0.1, -0.05) is 25.6 Å². The van der Waals surface area contributed by atoms with Gasteiger partial charge in [0.15, 0.2) is 0 Å². The zero-order valence-electron chi connectivity index (χ0n) is 8.65. The van der Waals surface area contributed by atoms with Gasteiger partial charge in [0.1, 0.15) is 5.82 Å². The molecule has 1 aromatic rings. The van der Waals surface area contributed by atoms with Gasteiger partial charge in [0.2, 0.25) is 5.12 Å². The summed E-state index contributed by atoms with van der Waals surface area (Å²) in [4.78, 5) is 11.6. The highest BCUT2D eigenvalue weighted by atomic mass is 32.2. The maximum absolute atomic E-state index is 11.6. The Morgan fingerprint density at radius 2 is 2.36 bits per heavy atom. The zero-order chi connectivity index (χ0) is 10.7. The third-order valence-corrected chi connectivity index (χ3v) is 2.65. The van der Waals surface area contributed by atoms with E-state index in [9.17, 15) is 4.79 Å². The molecule has 0 saturated heterocycles. The maximum atomic E-state index is 11.6. The molecule has 0 radical (unpaired) electrons. The van der Waals surface area contributed by atoms with Gasteiger partial charge in [0.05, 0.1) is 11.8 Å². The molecule has 4 nitrogen and oxygen atoms in total. The van der Waals surface area contributed by atoms with Crippen molar-refractivity contribution >= 4 is 22.7 Å². The lowest BCUT2D eigenvalue weighted by Crippen LogP contribution is -2.06. The number of aryl methyl sites for hydroxylation is 1. The summed E-state index contributed by atoms with van der Waals surface area (Å²) in [5.74, 6) is 0.464. The molecule has 5 heteroatoms. The lowest BCUT2D eigenvalue weighted by molar-refractivity contribution is 0.108. The standard InChI is InChI=1S/C9H15N3OS/c1-4-12-8(10)7(5-11-12)9(13)14-6(2)3/h5-6H,4,10H2,1-3H3. The van der Waals surface area contributed by atoms with Crippen LogP contribution < -0.4 is 5.73 Å². The highest BCUT2D eigenvalue weighted by molar-refractivity contribution is 8.14. The number of anilines is 1. The summed E-state index contributed by atoms with van der Waals surface area (Å²) in [6, 6.07) is 0. The molecular weight excluding hydrogens is 198 g/mol. The molecule has 0 unspecified atom stereocenters. The molecular formula is C9H15N3OS. The quantitative estimate of drug-likeness (QED) is 0.831. The molecule has 2 N–H and O–H groups in total. The molecule has 0 atom stereocenters. The second-order valence-electron chi connectivity index (χ2n) is 3.21. The van der Waals surface area contributed by atoms with Crippen molar-refractivity contribution in [2.75, 3.05) is 5.73 Å². The highest BCUT2D eigenvalue weighted by Gasteiger charge is 2.15. The van der Waals surface area contributed by atoms with E-state index in [0.717, 1.165) is 0 Å². The molecule has 0 aliphatic rings. The van der Waals surface area contributed by atoms with Crippen LogP contribution in [0.2, 0.25) is 0 Å². The van der Waals surface area contributed by atoms with Crippen molar-refractivity contribution in [3.05, 3.63) is 11.8 Å². The van der Waals surface area contributed by atoms with Gasteiger partial charge in [-0.25, -0.2) is 4.68 Å². The highest BCUT2D eigenvalue weighted by Crippen LogP contribution is 2.21. The van der Waals surface area contributed by atoms with Crippen LogP contribution in [-0.4, -0.2) is 20.1 Å². The maximum Gasteiger partial charge on any atom is 0.224 e. The Morgan fingerprint density at radius 1 is 1.71 bits per heavy atom. The number of hydrogen-bond donors (Lipinski definition) is 1.